The highest BCUT2D eigenvalue weighted by Gasteiger charge is 2.23. The zero-order valence-electron chi connectivity index (χ0n) is 11.0. The number of carbonyl (C=O) groups excluding carboxylic acids is 1. The van der Waals surface area contributed by atoms with Crippen LogP contribution in [0.4, 0.5) is 0 Å². The molecular weight excluding hydrogens is 366 g/mol. The molecule has 7 heteroatoms. The van der Waals surface area contributed by atoms with Crippen LogP contribution in [0.1, 0.15) is 30.1 Å². The number of hydrogen-bond donors (Lipinski definition) is 0. The molecule has 20 heavy (non-hydrogen) atoms. The molecule has 2 rings (SSSR count). The highest BCUT2D eigenvalue weighted by molar-refractivity contribution is 9.10. The van der Waals surface area contributed by atoms with Crippen LogP contribution in [0.15, 0.2) is 27.6 Å². The molecule has 1 saturated heterocycles. The van der Waals surface area contributed by atoms with Gasteiger partial charge in [0.05, 0.1) is 4.90 Å². The summed E-state index contributed by atoms with van der Waals surface area (Å²) in [5.74, 6) is 0.315. The average Bonchev–Trinajstić information content (AvgIpc) is 2.36. The number of piperidine rings is 1. The van der Waals surface area contributed by atoms with E-state index in [0.717, 1.165) is 12.8 Å². The van der Waals surface area contributed by atoms with Crippen LogP contribution in [0.3, 0.4) is 0 Å². The van der Waals surface area contributed by atoms with Crippen LogP contribution in [0.2, 0.25) is 0 Å². The monoisotopic (exact) mass is 379 g/mol. The molecule has 1 aromatic carbocycles. The van der Waals surface area contributed by atoms with E-state index in [9.17, 15) is 13.2 Å². The van der Waals surface area contributed by atoms with Crippen LogP contribution >= 0.6 is 26.6 Å². The van der Waals surface area contributed by atoms with Crippen molar-refractivity contribution in [2.45, 2.75) is 24.7 Å². The molecular formula is C13H15BrClNO3S. The largest absolute Gasteiger partial charge is 0.338 e. The van der Waals surface area contributed by atoms with Crippen molar-refractivity contribution in [3.8, 4) is 0 Å². The Labute approximate surface area is 131 Å². The van der Waals surface area contributed by atoms with Gasteiger partial charge >= 0.3 is 0 Å². The lowest BCUT2D eigenvalue weighted by Crippen LogP contribution is -2.39. The number of carbonyl (C=O) groups is 1. The van der Waals surface area contributed by atoms with E-state index in [0.29, 0.717) is 29.0 Å². The standard InChI is InChI=1S/C13H15BrClNO3S/c1-9-3-2-4-16(8-9)13(17)10-5-11(14)7-12(6-10)20(15,18)19/h5-7,9H,2-4,8H2,1H3. The molecule has 0 spiro atoms. The summed E-state index contributed by atoms with van der Waals surface area (Å²) in [5.41, 5.74) is 0.340. The molecule has 0 aromatic heterocycles. The lowest BCUT2D eigenvalue weighted by atomic mass is 9.99. The maximum absolute atomic E-state index is 12.4. The third-order valence-electron chi connectivity index (χ3n) is 3.34. The normalized spacial score (nSPS) is 19.9. The summed E-state index contributed by atoms with van der Waals surface area (Å²) < 4.78 is 23.3. The molecule has 0 aliphatic carbocycles. The molecule has 1 unspecified atom stereocenters. The van der Waals surface area contributed by atoms with E-state index in [2.05, 4.69) is 22.9 Å². The van der Waals surface area contributed by atoms with E-state index in [1.54, 1.807) is 11.0 Å². The van der Waals surface area contributed by atoms with E-state index in [1.807, 2.05) is 0 Å². The highest BCUT2D eigenvalue weighted by atomic mass is 79.9. The maximum Gasteiger partial charge on any atom is 0.261 e. The molecule has 1 amide bonds. The van der Waals surface area contributed by atoms with Crippen LogP contribution < -0.4 is 0 Å². The molecule has 1 fully saturated rings. The van der Waals surface area contributed by atoms with Gasteiger partial charge in [0.25, 0.3) is 15.0 Å². The first-order valence-electron chi connectivity index (χ1n) is 6.32. The van der Waals surface area contributed by atoms with E-state index < -0.39 is 9.05 Å². The topological polar surface area (TPSA) is 54.5 Å². The molecule has 110 valence electrons. The van der Waals surface area contributed by atoms with E-state index >= 15 is 0 Å². The summed E-state index contributed by atoms with van der Waals surface area (Å²) in [4.78, 5) is 14.1. The van der Waals surface area contributed by atoms with Gasteiger partial charge in [-0.1, -0.05) is 22.9 Å². The lowest BCUT2D eigenvalue weighted by Gasteiger charge is -2.31. The van der Waals surface area contributed by atoms with Crippen LogP contribution in [0, 0.1) is 5.92 Å². The summed E-state index contributed by atoms with van der Waals surface area (Å²) in [6.07, 6.45) is 2.09. The molecule has 1 atom stereocenters. The van der Waals surface area contributed by atoms with Gasteiger partial charge in [0.2, 0.25) is 0 Å². The first-order chi connectivity index (χ1) is 9.27. The number of benzene rings is 1. The molecule has 1 heterocycles. The molecule has 0 N–H and O–H groups in total. The first kappa shape index (κ1) is 15.8. The number of amides is 1. The van der Waals surface area contributed by atoms with Crippen molar-refractivity contribution < 1.29 is 13.2 Å². The molecule has 1 aliphatic heterocycles. The second-order valence-corrected chi connectivity index (χ2v) is 8.59. The van der Waals surface area contributed by atoms with Crippen molar-refractivity contribution in [2.24, 2.45) is 5.92 Å². The second-order valence-electron chi connectivity index (χ2n) is 5.11. The van der Waals surface area contributed by atoms with Crippen molar-refractivity contribution >= 4 is 41.6 Å². The third kappa shape index (κ3) is 3.74. The van der Waals surface area contributed by atoms with Crippen molar-refractivity contribution in [1.29, 1.82) is 0 Å². The van der Waals surface area contributed by atoms with Gasteiger partial charge in [-0.3, -0.25) is 4.79 Å². The van der Waals surface area contributed by atoms with E-state index in [1.165, 1.54) is 12.1 Å². The van der Waals surface area contributed by atoms with Gasteiger partial charge in [0.15, 0.2) is 0 Å². The van der Waals surface area contributed by atoms with Gasteiger partial charge in [-0.15, -0.1) is 0 Å². The van der Waals surface area contributed by atoms with Gasteiger partial charge in [-0.05, 0) is 37.0 Å². The van der Waals surface area contributed by atoms with Crippen molar-refractivity contribution in [3.63, 3.8) is 0 Å². The molecule has 1 aromatic rings. The van der Waals surface area contributed by atoms with Crippen LogP contribution in [0.25, 0.3) is 0 Å². The predicted molar refractivity (Wildman–Crippen MR) is 81.5 cm³/mol. The van der Waals surface area contributed by atoms with Gasteiger partial charge < -0.3 is 4.90 Å². The Hall–Kier alpha value is -0.590. The van der Waals surface area contributed by atoms with Gasteiger partial charge in [0, 0.05) is 33.8 Å². The Kier molecular flexibility index (Phi) is 4.76. The zero-order chi connectivity index (χ0) is 14.9. The van der Waals surface area contributed by atoms with Gasteiger partial charge in [-0.2, -0.15) is 0 Å². The van der Waals surface area contributed by atoms with Crippen LogP contribution in [-0.4, -0.2) is 32.3 Å². The highest BCUT2D eigenvalue weighted by Crippen LogP contribution is 2.24. The summed E-state index contributed by atoms with van der Waals surface area (Å²) in [6.45, 7) is 3.52. The number of halogens is 2. The number of nitrogens with zero attached hydrogens (tertiary/aromatic N) is 1. The Bertz CT molecular complexity index is 633. The SMILES string of the molecule is CC1CCCN(C(=O)c2cc(Br)cc(S(=O)(=O)Cl)c2)C1. The second kappa shape index (κ2) is 6.03. The summed E-state index contributed by atoms with van der Waals surface area (Å²) in [5, 5.41) is 0. The minimum Gasteiger partial charge on any atom is -0.338 e. The molecule has 0 radical (unpaired) electrons. The molecule has 4 nitrogen and oxygen atoms in total. The Morgan fingerprint density at radius 2 is 2.10 bits per heavy atom. The van der Waals surface area contributed by atoms with Crippen molar-refractivity contribution in [2.75, 3.05) is 13.1 Å². The van der Waals surface area contributed by atoms with Gasteiger partial charge in [0.1, 0.15) is 0 Å². The quantitative estimate of drug-likeness (QED) is 0.740. The van der Waals surface area contributed by atoms with Gasteiger partial charge in [-0.25, -0.2) is 8.42 Å². The number of rotatable bonds is 2. The fourth-order valence-electron chi connectivity index (χ4n) is 2.38. The fraction of sp³-hybridized carbons (Fsp3) is 0.462. The molecule has 0 saturated carbocycles. The minimum atomic E-state index is -3.85. The minimum absolute atomic E-state index is 0.0676. The van der Waals surface area contributed by atoms with Crippen molar-refractivity contribution in [3.05, 3.63) is 28.2 Å². The average molecular weight is 381 g/mol. The first-order valence-corrected chi connectivity index (χ1v) is 9.42. The van der Waals surface area contributed by atoms with Crippen LogP contribution in [-0.2, 0) is 9.05 Å². The number of likely N-dealkylation sites (tertiary alicyclic amines) is 1. The third-order valence-corrected chi connectivity index (χ3v) is 5.14. The molecule has 1 aliphatic rings. The maximum atomic E-state index is 12.4. The Morgan fingerprint density at radius 1 is 1.40 bits per heavy atom. The predicted octanol–water partition coefficient (Wildman–Crippen LogP) is 3.25. The molecule has 0 bridgehead atoms. The Morgan fingerprint density at radius 3 is 2.70 bits per heavy atom. The summed E-state index contributed by atoms with van der Waals surface area (Å²) in [6, 6.07) is 4.33. The van der Waals surface area contributed by atoms with Crippen LogP contribution in [0.5, 0.6) is 0 Å². The Balaban J connectivity index is 2.32. The van der Waals surface area contributed by atoms with E-state index in [-0.39, 0.29) is 10.8 Å². The fourth-order valence-corrected chi connectivity index (χ4v) is 3.83. The van der Waals surface area contributed by atoms with Crippen molar-refractivity contribution in [1.82, 2.24) is 4.90 Å². The van der Waals surface area contributed by atoms with E-state index in [4.69, 9.17) is 10.7 Å². The smallest absolute Gasteiger partial charge is 0.261 e. The number of hydrogen-bond acceptors (Lipinski definition) is 3. The zero-order valence-corrected chi connectivity index (χ0v) is 14.1. The lowest BCUT2D eigenvalue weighted by molar-refractivity contribution is 0.0682. The summed E-state index contributed by atoms with van der Waals surface area (Å²) in [7, 11) is 1.49. The summed E-state index contributed by atoms with van der Waals surface area (Å²) >= 11 is 3.22.